The second-order valence-electron chi connectivity index (χ2n) is 10.9. The van der Waals surface area contributed by atoms with Gasteiger partial charge < -0.3 is 24.0 Å². The number of aromatic carboxylic acids is 1. The normalized spacial score (nSPS) is 22.1. The molecule has 37 heavy (non-hydrogen) atoms. The van der Waals surface area contributed by atoms with Crippen LogP contribution >= 0.6 is 0 Å². The van der Waals surface area contributed by atoms with Crippen molar-refractivity contribution in [1.29, 1.82) is 0 Å². The average molecular weight is 501 g/mol. The fraction of sp³-hybridized carbons (Fsp3) is 0.452. The van der Waals surface area contributed by atoms with Gasteiger partial charge in [-0.2, -0.15) is 0 Å². The summed E-state index contributed by atoms with van der Waals surface area (Å²) in [6.45, 7) is 2.99. The Morgan fingerprint density at radius 2 is 1.86 bits per heavy atom. The van der Waals surface area contributed by atoms with Crippen molar-refractivity contribution in [3.63, 3.8) is 0 Å². The summed E-state index contributed by atoms with van der Waals surface area (Å²) in [5.41, 5.74) is 8.29. The number of carboxylic acid groups (broad SMARTS) is 1. The zero-order chi connectivity index (χ0) is 25.5. The van der Waals surface area contributed by atoms with Gasteiger partial charge in [0.2, 0.25) is 0 Å². The number of benzene rings is 2. The molecule has 6 nitrogen and oxygen atoms in total. The lowest BCUT2D eigenvalue weighted by molar-refractivity contribution is 0.0235. The minimum atomic E-state index is -0.874. The minimum Gasteiger partial charge on any atom is -0.478 e. The molecule has 0 radical (unpaired) electrons. The summed E-state index contributed by atoms with van der Waals surface area (Å²) in [7, 11) is 4.26. The van der Waals surface area contributed by atoms with Gasteiger partial charge in [-0.15, -0.1) is 0 Å². The molecule has 1 saturated carbocycles. The maximum Gasteiger partial charge on any atom is 0.335 e. The van der Waals surface area contributed by atoms with Gasteiger partial charge in [0, 0.05) is 55.5 Å². The highest BCUT2D eigenvalue weighted by Gasteiger charge is 2.39. The van der Waals surface area contributed by atoms with Crippen LogP contribution in [0.25, 0.3) is 10.9 Å². The number of carbonyl (C=O) groups is 1. The van der Waals surface area contributed by atoms with Gasteiger partial charge >= 0.3 is 5.97 Å². The quantitative estimate of drug-likeness (QED) is 0.456. The van der Waals surface area contributed by atoms with Gasteiger partial charge in [-0.3, -0.25) is 0 Å². The van der Waals surface area contributed by atoms with E-state index < -0.39 is 5.97 Å². The van der Waals surface area contributed by atoms with Crippen molar-refractivity contribution in [2.45, 2.75) is 63.2 Å². The molecule has 194 valence electrons. The molecule has 3 aliphatic rings. The number of nitrogens with zero attached hydrogens (tertiary/aromatic N) is 2. The first-order valence-electron chi connectivity index (χ1n) is 13.5. The zero-order valence-corrected chi connectivity index (χ0v) is 21.8. The summed E-state index contributed by atoms with van der Waals surface area (Å²) in [5.74, 6) is -0.0975. The number of rotatable bonds is 6. The van der Waals surface area contributed by atoms with Crippen LogP contribution in [0.5, 0.6) is 0 Å². The van der Waals surface area contributed by atoms with Gasteiger partial charge in [-0.05, 0) is 66.9 Å². The lowest BCUT2D eigenvalue weighted by Crippen LogP contribution is -2.33. The summed E-state index contributed by atoms with van der Waals surface area (Å²) < 4.78 is 14.6. The monoisotopic (exact) mass is 500 g/mol. The first kappa shape index (κ1) is 24.3. The van der Waals surface area contributed by atoms with Crippen molar-refractivity contribution >= 4 is 16.9 Å². The lowest BCUT2D eigenvalue weighted by atomic mass is 9.75. The van der Waals surface area contributed by atoms with E-state index in [9.17, 15) is 9.90 Å². The third-order valence-corrected chi connectivity index (χ3v) is 8.54. The fourth-order valence-electron chi connectivity index (χ4n) is 6.74. The van der Waals surface area contributed by atoms with E-state index in [4.69, 9.17) is 9.47 Å². The molecule has 2 aromatic carbocycles. The molecule has 3 heterocycles. The predicted octanol–water partition coefficient (Wildman–Crippen LogP) is 5.92. The number of fused-ring (bicyclic) bond motifs is 5. The van der Waals surface area contributed by atoms with Gasteiger partial charge in [-0.1, -0.05) is 36.4 Å². The molecule has 1 aromatic heterocycles. The smallest absolute Gasteiger partial charge is 0.335 e. The molecule has 1 saturated heterocycles. The predicted molar refractivity (Wildman–Crippen MR) is 144 cm³/mol. The third-order valence-electron chi connectivity index (χ3n) is 8.54. The van der Waals surface area contributed by atoms with Gasteiger partial charge in [0.15, 0.2) is 0 Å². The number of ether oxygens (including phenoxy) is 2. The standard InChI is InChI=1S/C31H36N2O4/c1-32(2)28-18-33-27-16-22(31(34)35)8-10-25(27)29(21-12-14-36-15-13-21)30(33)24-11-9-23(17-26(24)28)37-19-20-6-4-3-5-7-20/h3-8,10,16,21,23-24H,9,11-15,17-19H2,1-2H3,(H,34,35). The molecule has 0 bridgehead atoms. The van der Waals surface area contributed by atoms with E-state index in [1.165, 1.54) is 33.5 Å². The molecule has 3 aromatic rings. The Balaban J connectivity index is 1.41. The molecule has 2 atom stereocenters. The minimum absolute atomic E-state index is 0.211. The summed E-state index contributed by atoms with van der Waals surface area (Å²) >= 11 is 0. The molecule has 6 rings (SSSR count). The van der Waals surface area contributed by atoms with E-state index in [2.05, 4.69) is 53.9 Å². The van der Waals surface area contributed by atoms with Crippen LogP contribution < -0.4 is 0 Å². The topological polar surface area (TPSA) is 63.9 Å². The van der Waals surface area contributed by atoms with E-state index in [0.717, 1.165) is 57.4 Å². The Bertz CT molecular complexity index is 1330. The molecule has 2 aliphatic heterocycles. The van der Waals surface area contributed by atoms with Crippen molar-refractivity contribution in [1.82, 2.24) is 9.47 Å². The van der Waals surface area contributed by atoms with Gasteiger partial charge in [0.25, 0.3) is 0 Å². The van der Waals surface area contributed by atoms with E-state index in [1.807, 2.05) is 12.1 Å². The van der Waals surface area contributed by atoms with Crippen LogP contribution in [0, 0.1) is 0 Å². The zero-order valence-electron chi connectivity index (χ0n) is 21.8. The summed E-state index contributed by atoms with van der Waals surface area (Å²) in [6, 6.07) is 16.1. The molecular formula is C31H36N2O4. The highest BCUT2D eigenvalue weighted by Crippen LogP contribution is 2.50. The highest BCUT2D eigenvalue weighted by molar-refractivity contribution is 5.95. The second kappa shape index (κ2) is 9.99. The van der Waals surface area contributed by atoms with E-state index >= 15 is 0 Å². The number of carboxylic acids is 1. The molecule has 6 heteroatoms. The third kappa shape index (κ3) is 4.47. The lowest BCUT2D eigenvalue weighted by Gasteiger charge is -2.40. The van der Waals surface area contributed by atoms with Gasteiger partial charge in [-0.25, -0.2) is 4.79 Å². The molecule has 1 aliphatic carbocycles. The molecule has 0 spiro atoms. The Morgan fingerprint density at radius 1 is 1.08 bits per heavy atom. The van der Waals surface area contributed by atoms with Crippen LogP contribution in [-0.2, 0) is 22.6 Å². The number of allylic oxidation sites excluding steroid dienone is 1. The Hall–Kier alpha value is -3.09. The summed E-state index contributed by atoms with van der Waals surface area (Å²) in [4.78, 5) is 14.1. The molecule has 2 unspecified atom stereocenters. The Kier molecular flexibility index (Phi) is 6.55. The fourth-order valence-corrected chi connectivity index (χ4v) is 6.74. The molecule has 1 N–H and O–H groups in total. The maximum atomic E-state index is 11.9. The Labute approximate surface area is 218 Å². The second-order valence-corrected chi connectivity index (χ2v) is 10.9. The largest absolute Gasteiger partial charge is 0.478 e. The first-order chi connectivity index (χ1) is 18.0. The average Bonchev–Trinajstić information content (AvgIpc) is 3.26. The van der Waals surface area contributed by atoms with Crippen molar-refractivity contribution in [3.8, 4) is 0 Å². The van der Waals surface area contributed by atoms with Crippen LogP contribution in [0.15, 0.2) is 59.8 Å². The van der Waals surface area contributed by atoms with Crippen LogP contribution in [0.4, 0.5) is 0 Å². The van der Waals surface area contributed by atoms with E-state index in [0.29, 0.717) is 24.0 Å². The van der Waals surface area contributed by atoms with Crippen LogP contribution in [0.1, 0.15) is 71.1 Å². The van der Waals surface area contributed by atoms with Crippen molar-refractivity contribution in [2.75, 3.05) is 27.3 Å². The van der Waals surface area contributed by atoms with Crippen LogP contribution in [0.3, 0.4) is 0 Å². The van der Waals surface area contributed by atoms with Crippen molar-refractivity contribution in [2.24, 2.45) is 0 Å². The number of hydrogen-bond donors (Lipinski definition) is 1. The van der Waals surface area contributed by atoms with Crippen LogP contribution in [0.2, 0.25) is 0 Å². The van der Waals surface area contributed by atoms with Crippen LogP contribution in [-0.4, -0.2) is 54.0 Å². The Morgan fingerprint density at radius 3 is 2.59 bits per heavy atom. The first-order valence-corrected chi connectivity index (χ1v) is 13.5. The van der Waals surface area contributed by atoms with Crippen molar-refractivity contribution in [3.05, 3.63) is 82.2 Å². The molecular weight excluding hydrogens is 464 g/mol. The highest BCUT2D eigenvalue weighted by atomic mass is 16.5. The number of hydrogen-bond acceptors (Lipinski definition) is 4. The van der Waals surface area contributed by atoms with Gasteiger partial charge in [0.05, 0.1) is 24.8 Å². The summed E-state index contributed by atoms with van der Waals surface area (Å²) in [6.07, 6.45) is 5.26. The van der Waals surface area contributed by atoms with Gasteiger partial charge in [0.1, 0.15) is 0 Å². The van der Waals surface area contributed by atoms with E-state index in [-0.39, 0.29) is 6.10 Å². The number of aromatic nitrogens is 1. The van der Waals surface area contributed by atoms with E-state index in [1.54, 1.807) is 6.07 Å². The summed E-state index contributed by atoms with van der Waals surface area (Å²) in [5, 5.41) is 11.0. The number of likely N-dealkylation sites (N-methyl/N-ethyl adjacent to an activating group) is 1. The molecule has 2 fully saturated rings. The SMILES string of the molecule is CN(C)C1=C2CC(OCc3ccccc3)CCC2c2c(C3CCOCC3)c3ccc(C(=O)O)cc3n2C1. The molecule has 0 amide bonds. The maximum absolute atomic E-state index is 11.9. The van der Waals surface area contributed by atoms with Crippen molar-refractivity contribution < 1.29 is 19.4 Å².